The van der Waals surface area contributed by atoms with Crippen LogP contribution in [0.1, 0.15) is 52.4 Å². The Morgan fingerprint density at radius 3 is 2.50 bits per heavy atom. The zero-order chi connectivity index (χ0) is 10.4. The second-order valence-corrected chi connectivity index (χ2v) is 4.38. The van der Waals surface area contributed by atoms with Crippen molar-refractivity contribution in [3.8, 4) is 0 Å². The molecule has 0 aliphatic carbocycles. The maximum Gasteiger partial charge on any atom is 0.223 e. The molecule has 0 spiro atoms. The van der Waals surface area contributed by atoms with E-state index in [4.69, 9.17) is 0 Å². The van der Waals surface area contributed by atoms with E-state index in [-0.39, 0.29) is 0 Å². The number of carbonyl (C=O) groups excluding carboxylic acids is 1. The van der Waals surface area contributed by atoms with Gasteiger partial charge in [-0.25, -0.2) is 0 Å². The molecule has 14 heavy (non-hydrogen) atoms. The first-order valence-corrected chi connectivity index (χ1v) is 6.07. The van der Waals surface area contributed by atoms with Crippen molar-refractivity contribution in [3.63, 3.8) is 0 Å². The SMILES string of the molecule is CCCC(CCC)C1CCCNC1=O. The average Bonchev–Trinajstić information content (AvgIpc) is 2.18. The van der Waals surface area contributed by atoms with Crippen molar-refractivity contribution < 1.29 is 4.79 Å². The van der Waals surface area contributed by atoms with Crippen LogP contribution in [0.5, 0.6) is 0 Å². The van der Waals surface area contributed by atoms with Gasteiger partial charge in [-0.3, -0.25) is 4.79 Å². The summed E-state index contributed by atoms with van der Waals surface area (Å²) in [5.74, 6) is 1.25. The molecule has 1 amide bonds. The van der Waals surface area contributed by atoms with Crippen LogP contribution in [0.2, 0.25) is 0 Å². The van der Waals surface area contributed by atoms with Gasteiger partial charge >= 0.3 is 0 Å². The molecule has 0 aromatic carbocycles. The number of hydrogen-bond donors (Lipinski definition) is 1. The lowest BCUT2D eigenvalue weighted by atomic mass is 9.80. The van der Waals surface area contributed by atoms with E-state index in [0.29, 0.717) is 17.7 Å². The van der Waals surface area contributed by atoms with Gasteiger partial charge in [-0.05, 0) is 31.6 Å². The number of amides is 1. The largest absolute Gasteiger partial charge is 0.356 e. The molecule has 1 heterocycles. The van der Waals surface area contributed by atoms with Gasteiger partial charge in [-0.1, -0.05) is 26.7 Å². The Balaban J connectivity index is 2.50. The first kappa shape index (κ1) is 11.5. The third kappa shape index (κ3) is 3.00. The van der Waals surface area contributed by atoms with Gasteiger partial charge in [0.15, 0.2) is 0 Å². The minimum Gasteiger partial charge on any atom is -0.356 e. The molecule has 1 fully saturated rings. The molecule has 2 heteroatoms. The van der Waals surface area contributed by atoms with Gasteiger partial charge in [-0.2, -0.15) is 0 Å². The topological polar surface area (TPSA) is 29.1 Å². The van der Waals surface area contributed by atoms with E-state index in [1.54, 1.807) is 0 Å². The van der Waals surface area contributed by atoms with Gasteiger partial charge in [-0.15, -0.1) is 0 Å². The van der Waals surface area contributed by atoms with Gasteiger partial charge in [0.2, 0.25) is 5.91 Å². The van der Waals surface area contributed by atoms with Crippen molar-refractivity contribution in [3.05, 3.63) is 0 Å². The average molecular weight is 197 g/mol. The number of hydrogen-bond acceptors (Lipinski definition) is 1. The summed E-state index contributed by atoms with van der Waals surface area (Å²) in [5.41, 5.74) is 0. The summed E-state index contributed by atoms with van der Waals surface area (Å²) in [5, 5.41) is 2.99. The Kier molecular flexibility index (Phi) is 4.99. The zero-order valence-corrected chi connectivity index (χ0v) is 9.51. The highest BCUT2D eigenvalue weighted by molar-refractivity contribution is 5.79. The van der Waals surface area contributed by atoms with Crippen LogP contribution in [-0.2, 0) is 4.79 Å². The van der Waals surface area contributed by atoms with Crippen molar-refractivity contribution in [2.75, 3.05) is 6.54 Å². The number of piperidine rings is 1. The van der Waals surface area contributed by atoms with Crippen molar-refractivity contribution in [2.45, 2.75) is 52.4 Å². The van der Waals surface area contributed by atoms with Crippen LogP contribution in [0.4, 0.5) is 0 Å². The Morgan fingerprint density at radius 2 is 2.00 bits per heavy atom. The summed E-state index contributed by atoms with van der Waals surface area (Å²) in [4.78, 5) is 11.7. The van der Waals surface area contributed by atoms with Crippen LogP contribution in [0, 0.1) is 11.8 Å². The van der Waals surface area contributed by atoms with Crippen molar-refractivity contribution in [1.82, 2.24) is 5.32 Å². The molecule has 0 radical (unpaired) electrons. The first-order valence-electron chi connectivity index (χ1n) is 6.07. The molecular weight excluding hydrogens is 174 g/mol. The fraction of sp³-hybridized carbons (Fsp3) is 0.917. The molecule has 1 aliphatic rings. The highest BCUT2D eigenvalue weighted by atomic mass is 16.1. The summed E-state index contributed by atoms with van der Waals surface area (Å²) in [6.07, 6.45) is 7.11. The summed E-state index contributed by atoms with van der Waals surface area (Å²) in [6.45, 7) is 5.31. The number of carbonyl (C=O) groups is 1. The van der Waals surface area contributed by atoms with Gasteiger partial charge < -0.3 is 5.32 Å². The normalized spacial score (nSPS) is 22.5. The molecule has 1 rings (SSSR count). The predicted molar refractivity (Wildman–Crippen MR) is 59.0 cm³/mol. The van der Waals surface area contributed by atoms with Gasteiger partial charge in [0.05, 0.1) is 0 Å². The van der Waals surface area contributed by atoms with Crippen LogP contribution in [0.25, 0.3) is 0 Å². The van der Waals surface area contributed by atoms with Crippen LogP contribution >= 0.6 is 0 Å². The summed E-state index contributed by atoms with van der Waals surface area (Å²) in [6, 6.07) is 0. The minimum absolute atomic E-state index is 0.308. The highest BCUT2D eigenvalue weighted by Gasteiger charge is 2.28. The monoisotopic (exact) mass is 197 g/mol. The molecule has 1 saturated heterocycles. The molecule has 0 aromatic rings. The lowest BCUT2D eigenvalue weighted by molar-refractivity contribution is -0.128. The minimum atomic E-state index is 0.308. The Morgan fingerprint density at radius 1 is 1.36 bits per heavy atom. The maximum absolute atomic E-state index is 11.7. The zero-order valence-electron chi connectivity index (χ0n) is 9.51. The van der Waals surface area contributed by atoms with Gasteiger partial charge in [0.25, 0.3) is 0 Å². The number of rotatable bonds is 5. The molecule has 1 N–H and O–H groups in total. The van der Waals surface area contributed by atoms with Crippen LogP contribution in [0.15, 0.2) is 0 Å². The van der Waals surface area contributed by atoms with E-state index < -0.39 is 0 Å². The second-order valence-electron chi connectivity index (χ2n) is 4.38. The van der Waals surface area contributed by atoms with Gasteiger partial charge in [0.1, 0.15) is 0 Å². The molecule has 2 nitrogen and oxygen atoms in total. The highest BCUT2D eigenvalue weighted by Crippen LogP contribution is 2.28. The standard InChI is InChI=1S/C12H23NO/c1-3-6-10(7-4-2)11-8-5-9-13-12(11)14/h10-11H,3-9H2,1-2H3,(H,13,14). The Hall–Kier alpha value is -0.530. The van der Waals surface area contributed by atoms with Gasteiger partial charge in [0, 0.05) is 12.5 Å². The maximum atomic E-state index is 11.7. The molecule has 1 unspecified atom stereocenters. The van der Waals surface area contributed by atoms with E-state index in [2.05, 4.69) is 19.2 Å². The molecule has 82 valence electrons. The van der Waals surface area contributed by atoms with E-state index in [1.807, 2.05) is 0 Å². The lowest BCUT2D eigenvalue weighted by Gasteiger charge is -2.29. The fourth-order valence-electron chi connectivity index (χ4n) is 2.53. The third-order valence-electron chi connectivity index (χ3n) is 3.22. The smallest absolute Gasteiger partial charge is 0.223 e. The number of nitrogens with one attached hydrogen (secondary N) is 1. The molecule has 0 aromatic heterocycles. The van der Waals surface area contributed by atoms with Crippen molar-refractivity contribution in [2.24, 2.45) is 11.8 Å². The second kappa shape index (κ2) is 6.05. The molecule has 1 aliphatic heterocycles. The summed E-state index contributed by atoms with van der Waals surface area (Å²) >= 11 is 0. The van der Waals surface area contributed by atoms with Crippen molar-refractivity contribution in [1.29, 1.82) is 0 Å². The lowest BCUT2D eigenvalue weighted by Crippen LogP contribution is -2.40. The summed E-state index contributed by atoms with van der Waals surface area (Å²) in [7, 11) is 0. The van der Waals surface area contributed by atoms with E-state index in [1.165, 1.54) is 32.1 Å². The van der Waals surface area contributed by atoms with E-state index in [0.717, 1.165) is 13.0 Å². The Labute approximate surface area is 87.5 Å². The van der Waals surface area contributed by atoms with Crippen LogP contribution < -0.4 is 5.32 Å². The van der Waals surface area contributed by atoms with Crippen LogP contribution in [-0.4, -0.2) is 12.5 Å². The molecule has 0 bridgehead atoms. The van der Waals surface area contributed by atoms with Crippen molar-refractivity contribution >= 4 is 5.91 Å². The Bertz CT molecular complexity index is 173. The summed E-state index contributed by atoms with van der Waals surface area (Å²) < 4.78 is 0. The van der Waals surface area contributed by atoms with Crippen LogP contribution in [0.3, 0.4) is 0 Å². The quantitative estimate of drug-likeness (QED) is 0.721. The third-order valence-corrected chi connectivity index (χ3v) is 3.22. The first-order chi connectivity index (χ1) is 6.79. The molecule has 1 atom stereocenters. The fourth-order valence-corrected chi connectivity index (χ4v) is 2.53. The van der Waals surface area contributed by atoms with E-state index in [9.17, 15) is 4.79 Å². The molecular formula is C12H23NO. The molecule has 0 saturated carbocycles. The van der Waals surface area contributed by atoms with E-state index >= 15 is 0 Å². The predicted octanol–water partition coefficient (Wildman–Crippen LogP) is 2.73.